The second-order valence-corrected chi connectivity index (χ2v) is 3.60. The van der Waals surface area contributed by atoms with E-state index >= 15 is 0 Å². The molecule has 0 rings (SSSR count). The molecule has 6 nitrogen and oxygen atoms in total. The zero-order chi connectivity index (χ0) is 11.1. The van der Waals surface area contributed by atoms with E-state index in [4.69, 9.17) is 25.2 Å². The van der Waals surface area contributed by atoms with Crippen molar-refractivity contribution in [3.63, 3.8) is 0 Å². The van der Waals surface area contributed by atoms with Gasteiger partial charge in [0.1, 0.15) is 5.60 Å². The highest BCUT2D eigenvalue weighted by Gasteiger charge is 2.13. The van der Waals surface area contributed by atoms with Crippen LogP contribution in [0.3, 0.4) is 0 Å². The maximum absolute atomic E-state index is 10.5. The van der Waals surface area contributed by atoms with Crippen LogP contribution < -0.4 is 5.73 Å². The Hall–Kier alpha value is -0.260. The summed E-state index contributed by atoms with van der Waals surface area (Å²) in [6.45, 7) is 5.37. The van der Waals surface area contributed by atoms with E-state index in [0.717, 1.165) is 0 Å². The van der Waals surface area contributed by atoms with Crippen molar-refractivity contribution in [1.29, 1.82) is 0 Å². The van der Waals surface area contributed by atoms with Gasteiger partial charge in [-0.15, -0.1) is 0 Å². The molecule has 0 aromatic heterocycles. The molecule has 0 atom stereocenters. The standard InChI is InChI=1S/C6H13NO2.H3O3P/c1-6(2,3)9-5(8)4-7;1-4(2)3/h4,7H2,1-3H3;1-3H. The first kappa shape index (κ1) is 15.2. The van der Waals surface area contributed by atoms with Crippen LogP contribution in [-0.2, 0) is 9.53 Å². The molecule has 7 heteroatoms. The lowest BCUT2D eigenvalue weighted by Gasteiger charge is -2.18. The van der Waals surface area contributed by atoms with Crippen LogP contribution in [0.4, 0.5) is 0 Å². The van der Waals surface area contributed by atoms with Crippen molar-refractivity contribution in [2.45, 2.75) is 26.4 Å². The number of carbonyl (C=O) groups is 1. The maximum atomic E-state index is 10.5. The molecule has 0 saturated carbocycles. The average molecular weight is 213 g/mol. The first-order chi connectivity index (χ1) is 5.69. The fourth-order valence-corrected chi connectivity index (χ4v) is 0.383. The molecule has 0 radical (unpaired) electrons. The summed E-state index contributed by atoms with van der Waals surface area (Å²) in [6.07, 6.45) is 0. The third-order valence-corrected chi connectivity index (χ3v) is 0.587. The second-order valence-electron chi connectivity index (χ2n) is 3.06. The van der Waals surface area contributed by atoms with Gasteiger partial charge in [-0.1, -0.05) is 0 Å². The van der Waals surface area contributed by atoms with Crippen molar-refractivity contribution >= 4 is 14.6 Å². The summed E-state index contributed by atoms with van der Waals surface area (Å²) >= 11 is 0. The topological polar surface area (TPSA) is 113 Å². The van der Waals surface area contributed by atoms with Gasteiger partial charge < -0.3 is 25.2 Å². The summed E-state index contributed by atoms with van der Waals surface area (Å²) in [5.41, 5.74) is 4.60. The molecule has 0 aliphatic rings. The quantitative estimate of drug-likeness (QED) is 0.344. The highest BCUT2D eigenvalue weighted by atomic mass is 31.2. The third-order valence-electron chi connectivity index (χ3n) is 0.587. The van der Waals surface area contributed by atoms with Crippen molar-refractivity contribution in [1.82, 2.24) is 0 Å². The Morgan fingerprint density at radius 2 is 1.69 bits per heavy atom. The van der Waals surface area contributed by atoms with Gasteiger partial charge in [-0.25, -0.2) is 0 Å². The number of nitrogens with two attached hydrogens (primary N) is 1. The molecule has 0 aromatic carbocycles. The highest BCUT2D eigenvalue weighted by Crippen LogP contribution is 2.11. The van der Waals surface area contributed by atoms with E-state index in [0.29, 0.717) is 0 Å². The van der Waals surface area contributed by atoms with Crippen LogP contribution in [0.25, 0.3) is 0 Å². The van der Waals surface area contributed by atoms with E-state index in [1.807, 2.05) is 0 Å². The molecule has 80 valence electrons. The van der Waals surface area contributed by atoms with Crippen LogP contribution in [0.1, 0.15) is 20.8 Å². The monoisotopic (exact) mass is 213 g/mol. The molecular weight excluding hydrogens is 197 g/mol. The summed E-state index contributed by atoms with van der Waals surface area (Å²) in [6, 6.07) is 0. The molecule has 5 N–H and O–H groups in total. The Kier molecular flexibility index (Phi) is 8.40. The summed E-state index contributed by atoms with van der Waals surface area (Å²) in [7, 11) is -2.62. The molecule has 0 amide bonds. The molecule has 13 heavy (non-hydrogen) atoms. The van der Waals surface area contributed by atoms with Gasteiger partial charge in [0.25, 0.3) is 0 Å². The van der Waals surface area contributed by atoms with Gasteiger partial charge in [0.15, 0.2) is 0 Å². The SMILES string of the molecule is CC(C)(C)OC(=O)CN.OP(O)O. The smallest absolute Gasteiger partial charge is 0.324 e. The van der Waals surface area contributed by atoms with Crippen molar-refractivity contribution < 1.29 is 24.2 Å². The Bertz CT molecular complexity index is 142. The molecule has 0 aliphatic heterocycles. The lowest BCUT2D eigenvalue weighted by molar-refractivity contribution is -0.152. The predicted molar refractivity (Wildman–Crippen MR) is 48.5 cm³/mol. The van der Waals surface area contributed by atoms with Crippen molar-refractivity contribution in [2.75, 3.05) is 6.54 Å². The number of carbonyl (C=O) groups excluding carboxylic acids is 1. The normalized spacial score (nSPS) is 10.5. The van der Waals surface area contributed by atoms with Gasteiger partial charge in [-0.05, 0) is 20.8 Å². The summed E-state index contributed by atoms with van der Waals surface area (Å²) in [5, 5.41) is 0. The van der Waals surface area contributed by atoms with Gasteiger partial charge >= 0.3 is 14.6 Å². The second kappa shape index (κ2) is 7.17. The fourth-order valence-electron chi connectivity index (χ4n) is 0.383. The van der Waals surface area contributed by atoms with Crippen LogP contribution in [-0.4, -0.2) is 32.8 Å². The zero-order valence-corrected chi connectivity index (χ0v) is 8.78. The average Bonchev–Trinajstić information content (AvgIpc) is 1.82. The molecule has 0 heterocycles. The molecular formula is C6H16NO5P. The van der Waals surface area contributed by atoms with E-state index in [2.05, 4.69) is 0 Å². The van der Waals surface area contributed by atoms with Gasteiger partial charge in [0, 0.05) is 0 Å². The van der Waals surface area contributed by atoms with Crippen molar-refractivity contribution in [3.05, 3.63) is 0 Å². The number of hydrogen-bond acceptors (Lipinski definition) is 6. The maximum Gasteiger partial charge on any atom is 0.324 e. The Morgan fingerprint density at radius 3 is 1.77 bits per heavy atom. The lowest BCUT2D eigenvalue weighted by Crippen LogP contribution is -2.28. The molecule has 0 aliphatic carbocycles. The minimum Gasteiger partial charge on any atom is -0.459 e. The van der Waals surface area contributed by atoms with Crippen molar-refractivity contribution in [3.8, 4) is 0 Å². The van der Waals surface area contributed by atoms with E-state index in [1.54, 1.807) is 20.8 Å². The fraction of sp³-hybridized carbons (Fsp3) is 0.833. The minimum absolute atomic E-state index is 0.0444. The van der Waals surface area contributed by atoms with Gasteiger partial charge in [0.2, 0.25) is 0 Å². The third kappa shape index (κ3) is 24.5. The zero-order valence-electron chi connectivity index (χ0n) is 7.89. The van der Waals surface area contributed by atoms with Crippen LogP contribution in [0, 0.1) is 0 Å². The number of hydrogen-bond donors (Lipinski definition) is 4. The Morgan fingerprint density at radius 1 is 1.38 bits per heavy atom. The molecule has 0 aromatic rings. The van der Waals surface area contributed by atoms with E-state index in [1.165, 1.54) is 0 Å². The molecule has 0 fully saturated rings. The number of rotatable bonds is 1. The largest absolute Gasteiger partial charge is 0.459 e. The highest BCUT2D eigenvalue weighted by molar-refractivity contribution is 7.38. The lowest BCUT2D eigenvalue weighted by atomic mass is 10.2. The number of ether oxygens (including phenoxy) is 1. The van der Waals surface area contributed by atoms with E-state index in [9.17, 15) is 4.79 Å². The summed E-state index contributed by atoms with van der Waals surface area (Å²) in [5.74, 6) is -0.359. The van der Waals surface area contributed by atoms with Gasteiger partial charge in [-0.2, -0.15) is 0 Å². The van der Waals surface area contributed by atoms with Crippen LogP contribution >= 0.6 is 8.60 Å². The summed E-state index contributed by atoms with van der Waals surface area (Å²) < 4.78 is 4.82. The van der Waals surface area contributed by atoms with E-state index < -0.39 is 14.2 Å². The van der Waals surface area contributed by atoms with Crippen LogP contribution in [0.2, 0.25) is 0 Å². The predicted octanol–water partition coefficient (Wildman–Crippen LogP) is -0.523. The minimum atomic E-state index is -2.62. The van der Waals surface area contributed by atoms with Gasteiger partial charge in [0.05, 0.1) is 6.54 Å². The summed E-state index contributed by atoms with van der Waals surface area (Å²) in [4.78, 5) is 32.2. The Balaban J connectivity index is 0. The van der Waals surface area contributed by atoms with Crippen molar-refractivity contribution in [2.24, 2.45) is 5.73 Å². The molecule has 0 saturated heterocycles. The molecule has 0 spiro atoms. The first-order valence-corrected chi connectivity index (χ1v) is 4.67. The van der Waals surface area contributed by atoms with E-state index in [-0.39, 0.29) is 12.5 Å². The number of esters is 1. The molecule has 0 bridgehead atoms. The Labute approximate surface area is 78.3 Å². The first-order valence-electron chi connectivity index (χ1n) is 3.47. The van der Waals surface area contributed by atoms with Crippen LogP contribution in [0.15, 0.2) is 0 Å². The molecule has 0 unspecified atom stereocenters. The van der Waals surface area contributed by atoms with Crippen LogP contribution in [0.5, 0.6) is 0 Å². The van der Waals surface area contributed by atoms with Gasteiger partial charge in [-0.3, -0.25) is 4.79 Å².